The van der Waals surface area contributed by atoms with E-state index in [9.17, 15) is 4.79 Å². The van der Waals surface area contributed by atoms with Crippen molar-refractivity contribution >= 4 is 18.5 Å². The van der Waals surface area contributed by atoms with E-state index in [-0.39, 0.29) is 14.8 Å². The van der Waals surface area contributed by atoms with Gasteiger partial charge in [-0.3, -0.25) is 4.79 Å². The summed E-state index contributed by atoms with van der Waals surface area (Å²) in [5, 5.41) is 21.0. The molecule has 0 aliphatic heterocycles. The summed E-state index contributed by atoms with van der Waals surface area (Å²) in [5.74, 6) is 0.978. The lowest BCUT2D eigenvalue weighted by Gasteiger charge is -2.09. The van der Waals surface area contributed by atoms with Crippen LogP contribution in [0.5, 0.6) is 11.5 Å². The van der Waals surface area contributed by atoms with E-state index in [1.54, 1.807) is 48.5 Å². The average Bonchev–Trinajstić information content (AvgIpc) is 2.56. The molecular formula is C18H26BNO4. The molecule has 2 aromatic rings. The molecule has 24 heavy (non-hydrogen) atoms. The fourth-order valence-corrected chi connectivity index (χ4v) is 2.03. The molecule has 0 saturated heterocycles. The van der Waals surface area contributed by atoms with Gasteiger partial charge in [0.15, 0.2) is 0 Å². The van der Waals surface area contributed by atoms with Gasteiger partial charge in [-0.25, -0.2) is 0 Å². The van der Waals surface area contributed by atoms with E-state index >= 15 is 0 Å². The number of ether oxygens (including phenoxy) is 1. The van der Waals surface area contributed by atoms with E-state index in [4.69, 9.17) is 14.8 Å². The quantitative estimate of drug-likeness (QED) is 0.538. The van der Waals surface area contributed by atoms with E-state index in [0.717, 1.165) is 12.8 Å². The highest BCUT2D eigenvalue weighted by Crippen LogP contribution is 2.21. The molecule has 0 spiro atoms. The molecule has 3 N–H and O–H groups in total. The van der Waals surface area contributed by atoms with Gasteiger partial charge in [0.25, 0.3) is 5.91 Å². The molecule has 0 saturated carbocycles. The first-order valence-electron chi connectivity index (χ1n) is 7.62. The summed E-state index contributed by atoms with van der Waals surface area (Å²) in [4.78, 5) is 12.0. The van der Waals surface area contributed by atoms with Gasteiger partial charge in [0, 0.05) is 13.5 Å². The Balaban J connectivity index is 0.00000288. The first-order chi connectivity index (χ1) is 11.1. The van der Waals surface area contributed by atoms with Gasteiger partial charge in [-0.15, -0.1) is 0 Å². The minimum atomic E-state index is -1.50. The molecule has 0 unspecified atom stereocenters. The summed E-state index contributed by atoms with van der Waals surface area (Å²) >= 11 is 0. The van der Waals surface area contributed by atoms with Crippen LogP contribution in [0.3, 0.4) is 0 Å². The van der Waals surface area contributed by atoms with Gasteiger partial charge in [0.2, 0.25) is 0 Å². The largest absolute Gasteiger partial charge is 0.488 e. The standard InChI is InChI=1S/C17H20BNO4.CH4.H2/c1-2-3-11-19-17(20)13-5-4-6-16(12-13)23-15-9-7-14(8-10-15)18(21)22;;/h4-10,12,21-22H,2-3,11H2,1H3,(H,19,20);1H4;1H. The number of unbranched alkanes of at least 4 members (excludes halogenated alkanes) is 1. The number of hydrogen-bond donors (Lipinski definition) is 3. The molecular weight excluding hydrogens is 305 g/mol. The third-order valence-electron chi connectivity index (χ3n) is 3.33. The van der Waals surface area contributed by atoms with Crippen molar-refractivity contribution in [2.75, 3.05) is 6.54 Å². The maximum atomic E-state index is 12.0. The summed E-state index contributed by atoms with van der Waals surface area (Å²) in [5.41, 5.74) is 0.933. The van der Waals surface area contributed by atoms with Crippen LogP contribution in [0.15, 0.2) is 48.5 Å². The minimum Gasteiger partial charge on any atom is -0.457 e. The second kappa shape index (κ2) is 9.75. The second-order valence-electron chi connectivity index (χ2n) is 5.18. The highest BCUT2D eigenvalue weighted by atomic mass is 16.5. The fourth-order valence-electron chi connectivity index (χ4n) is 2.03. The van der Waals surface area contributed by atoms with E-state index in [2.05, 4.69) is 12.2 Å². The molecule has 0 radical (unpaired) electrons. The van der Waals surface area contributed by atoms with Crippen LogP contribution in [0.1, 0.15) is 39.0 Å². The van der Waals surface area contributed by atoms with Gasteiger partial charge >= 0.3 is 7.12 Å². The zero-order valence-electron chi connectivity index (χ0n) is 13.0. The van der Waals surface area contributed by atoms with E-state index < -0.39 is 7.12 Å². The fraction of sp³-hybridized carbons (Fsp3) is 0.278. The minimum absolute atomic E-state index is 0. The van der Waals surface area contributed by atoms with Gasteiger partial charge in [-0.05, 0) is 42.2 Å². The molecule has 2 aromatic carbocycles. The third kappa shape index (κ3) is 5.72. The second-order valence-corrected chi connectivity index (χ2v) is 5.18. The SMILES string of the molecule is C.CCCCNC(=O)c1cccc(Oc2ccc(B(O)O)cc2)c1.[HH]. The van der Waals surface area contributed by atoms with Crippen LogP contribution in [0, 0.1) is 0 Å². The lowest BCUT2D eigenvalue weighted by atomic mass is 9.80. The van der Waals surface area contributed by atoms with Crippen molar-refractivity contribution in [3.8, 4) is 11.5 Å². The smallest absolute Gasteiger partial charge is 0.457 e. The summed E-state index contributed by atoms with van der Waals surface area (Å²) in [6.45, 7) is 2.73. The molecule has 1 amide bonds. The lowest BCUT2D eigenvalue weighted by molar-refractivity contribution is 0.0953. The predicted octanol–water partition coefficient (Wildman–Crippen LogP) is 2.57. The van der Waals surface area contributed by atoms with Crippen LogP contribution in [0.4, 0.5) is 0 Å². The van der Waals surface area contributed by atoms with Crippen molar-refractivity contribution in [1.82, 2.24) is 5.32 Å². The van der Waals surface area contributed by atoms with Crippen LogP contribution >= 0.6 is 0 Å². The Hall–Kier alpha value is -2.31. The summed E-state index contributed by atoms with van der Waals surface area (Å²) in [7, 11) is -1.50. The van der Waals surface area contributed by atoms with Crippen molar-refractivity contribution in [2.24, 2.45) is 0 Å². The number of carbonyl (C=O) groups excluding carboxylic acids is 1. The summed E-state index contributed by atoms with van der Waals surface area (Å²) in [6.07, 6.45) is 1.98. The monoisotopic (exact) mass is 331 g/mol. The van der Waals surface area contributed by atoms with E-state index in [1.165, 1.54) is 0 Å². The van der Waals surface area contributed by atoms with Gasteiger partial charge in [-0.1, -0.05) is 39.0 Å². The average molecular weight is 331 g/mol. The van der Waals surface area contributed by atoms with Crippen molar-refractivity contribution < 1.29 is 21.0 Å². The number of nitrogens with one attached hydrogen (secondary N) is 1. The molecule has 0 aromatic heterocycles. The van der Waals surface area contributed by atoms with Crippen LogP contribution in [0.25, 0.3) is 0 Å². The molecule has 6 heteroatoms. The predicted molar refractivity (Wildman–Crippen MR) is 98.9 cm³/mol. The lowest BCUT2D eigenvalue weighted by Crippen LogP contribution is -2.29. The Morgan fingerprint density at radius 2 is 1.88 bits per heavy atom. The van der Waals surface area contributed by atoms with Crippen LogP contribution in [0.2, 0.25) is 0 Å². The molecule has 0 aliphatic carbocycles. The maximum Gasteiger partial charge on any atom is 0.488 e. The highest BCUT2D eigenvalue weighted by molar-refractivity contribution is 6.58. The Morgan fingerprint density at radius 3 is 2.50 bits per heavy atom. The van der Waals surface area contributed by atoms with Crippen LogP contribution in [-0.2, 0) is 0 Å². The first kappa shape index (κ1) is 19.7. The molecule has 0 atom stereocenters. The topological polar surface area (TPSA) is 78.8 Å². The Labute approximate surface area is 144 Å². The van der Waals surface area contributed by atoms with Gasteiger partial charge in [0.1, 0.15) is 11.5 Å². The third-order valence-corrected chi connectivity index (χ3v) is 3.33. The first-order valence-corrected chi connectivity index (χ1v) is 7.62. The van der Waals surface area contributed by atoms with E-state index in [0.29, 0.717) is 29.1 Å². The highest BCUT2D eigenvalue weighted by Gasteiger charge is 2.10. The van der Waals surface area contributed by atoms with Crippen molar-refractivity contribution in [3.63, 3.8) is 0 Å². The Kier molecular flexibility index (Phi) is 8.02. The van der Waals surface area contributed by atoms with Gasteiger partial charge in [-0.2, -0.15) is 0 Å². The zero-order valence-corrected chi connectivity index (χ0v) is 13.0. The molecule has 130 valence electrons. The van der Waals surface area contributed by atoms with Crippen LogP contribution in [-0.4, -0.2) is 29.6 Å². The molecule has 0 fully saturated rings. The summed E-state index contributed by atoms with van der Waals surface area (Å²) < 4.78 is 5.69. The Bertz CT molecular complexity index is 650. The zero-order chi connectivity index (χ0) is 16.7. The van der Waals surface area contributed by atoms with Gasteiger partial charge < -0.3 is 20.1 Å². The molecule has 0 heterocycles. The van der Waals surface area contributed by atoms with Crippen LogP contribution < -0.4 is 15.5 Å². The molecule has 2 rings (SSSR count). The number of carbonyl (C=O) groups is 1. The molecule has 5 nitrogen and oxygen atoms in total. The number of amides is 1. The maximum absolute atomic E-state index is 12.0. The normalized spacial score (nSPS) is 9.79. The molecule has 0 aliphatic rings. The van der Waals surface area contributed by atoms with Crippen molar-refractivity contribution in [3.05, 3.63) is 54.1 Å². The number of rotatable bonds is 7. The summed E-state index contributed by atoms with van der Waals surface area (Å²) in [6, 6.07) is 13.4. The Morgan fingerprint density at radius 1 is 1.17 bits per heavy atom. The van der Waals surface area contributed by atoms with Crippen molar-refractivity contribution in [2.45, 2.75) is 27.2 Å². The van der Waals surface area contributed by atoms with Crippen molar-refractivity contribution in [1.29, 1.82) is 0 Å². The van der Waals surface area contributed by atoms with Gasteiger partial charge in [0.05, 0.1) is 0 Å². The number of benzene rings is 2. The van der Waals surface area contributed by atoms with E-state index in [1.807, 2.05) is 0 Å². The molecule has 0 bridgehead atoms. The number of hydrogen-bond acceptors (Lipinski definition) is 4.